The van der Waals surface area contributed by atoms with Gasteiger partial charge < -0.3 is 39.6 Å². The first kappa shape index (κ1) is 33.0. The smallest absolute Gasteiger partial charge is 0.407 e. The Morgan fingerprint density at radius 1 is 0.957 bits per heavy atom. The molecule has 244 valence electrons. The van der Waals surface area contributed by atoms with Crippen molar-refractivity contribution < 1.29 is 38.6 Å². The number of benzene rings is 2. The summed E-state index contributed by atoms with van der Waals surface area (Å²) in [5, 5.41) is 12.2. The van der Waals surface area contributed by atoms with Crippen LogP contribution in [0.1, 0.15) is 28.0 Å². The number of aromatic nitrogens is 2. The van der Waals surface area contributed by atoms with Crippen molar-refractivity contribution in [2.45, 2.75) is 31.1 Å². The minimum atomic E-state index is -4.26. The quantitative estimate of drug-likeness (QED) is 0.235. The molecule has 0 radical (unpaired) electrons. The van der Waals surface area contributed by atoms with Crippen LogP contribution in [-0.2, 0) is 26.7 Å². The van der Waals surface area contributed by atoms with Gasteiger partial charge in [-0.25, -0.2) is 14.8 Å². The van der Waals surface area contributed by atoms with Crippen LogP contribution < -0.4 is 10.2 Å². The van der Waals surface area contributed by atoms with Gasteiger partial charge in [-0.2, -0.15) is 0 Å². The van der Waals surface area contributed by atoms with Crippen molar-refractivity contribution in [1.29, 1.82) is 0 Å². The number of hydrogen-bond donors (Lipinski definition) is 4. The number of amides is 3. The Kier molecular flexibility index (Phi) is 10.3. The Bertz CT molecular complexity index is 1590. The van der Waals surface area contributed by atoms with Crippen molar-refractivity contribution in [3.63, 3.8) is 0 Å². The average Bonchev–Trinajstić information content (AvgIpc) is 3.54. The summed E-state index contributed by atoms with van der Waals surface area (Å²) < 4.78 is 17.0. The van der Waals surface area contributed by atoms with Gasteiger partial charge in [-0.05, 0) is 17.5 Å². The number of hydrogen-bond acceptors (Lipinski definition) is 8. The van der Waals surface area contributed by atoms with Crippen LogP contribution in [-0.4, -0.2) is 111 Å². The summed E-state index contributed by atoms with van der Waals surface area (Å²) in [4.78, 5) is 71.8. The molecule has 3 aromatic rings. The lowest BCUT2D eigenvalue weighted by Crippen LogP contribution is -2.56. The van der Waals surface area contributed by atoms with E-state index in [0.29, 0.717) is 35.9 Å². The lowest BCUT2D eigenvalue weighted by atomic mass is 10.0. The molecule has 1 aromatic heterocycles. The molecule has 14 nitrogen and oxygen atoms in total. The molecule has 2 fully saturated rings. The number of rotatable bonds is 10. The molecule has 0 bridgehead atoms. The maximum atomic E-state index is 13.9. The van der Waals surface area contributed by atoms with E-state index in [0.717, 1.165) is 12.0 Å². The summed E-state index contributed by atoms with van der Waals surface area (Å²) >= 11 is 0. The highest BCUT2D eigenvalue weighted by Gasteiger charge is 2.32. The third-order valence-corrected chi connectivity index (χ3v) is 8.87. The van der Waals surface area contributed by atoms with Crippen LogP contribution in [0.15, 0.2) is 60.7 Å². The van der Waals surface area contributed by atoms with Gasteiger partial charge in [0.05, 0.1) is 12.3 Å². The summed E-state index contributed by atoms with van der Waals surface area (Å²) in [6, 6.07) is 16.3. The first-order chi connectivity index (χ1) is 22.0. The zero-order valence-electron chi connectivity index (χ0n) is 25.4. The Labute approximate surface area is 266 Å². The van der Waals surface area contributed by atoms with Crippen molar-refractivity contribution in [3.8, 4) is 11.4 Å². The van der Waals surface area contributed by atoms with Crippen molar-refractivity contribution in [2.75, 3.05) is 51.3 Å². The lowest BCUT2D eigenvalue weighted by Gasteiger charge is -2.35. The normalized spacial score (nSPS) is 17.5. The van der Waals surface area contributed by atoms with Gasteiger partial charge in [0.25, 0.3) is 5.91 Å². The molecule has 2 aliphatic heterocycles. The van der Waals surface area contributed by atoms with E-state index < -0.39 is 31.8 Å². The zero-order chi connectivity index (χ0) is 32.8. The molecule has 4 N–H and O–H groups in total. The van der Waals surface area contributed by atoms with Gasteiger partial charge in [0.15, 0.2) is 5.82 Å². The monoisotopic (exact) mass is 652 g/mol. The SMILES string of the molecule is CO[C@H]1CCN(c2cc(C(=O)N[C@@H](Cc3ccc(CP(=O)(O)O)cc3)C(=O)N3CCN(C(=O)O)CC3)nc(-c3ccccc3)n2)C1. The van der Waals surface area contributed by atoms with Crippen LogP contribution in [0.5, 0.6) is 0 Å². The van der Waals surface area contributed by atoms with Crippen molar-refractivity contribution >= 4 is 31.3 Å². The Morgan fingerprint density at radius 3 is 2.22 bits per heavy atom. The zero-order valence-corrected chi connectivity index (χ0v) is 26.3. The number of carbonyl (C=O) groups is 3. The number of piperazine rings is 1. The largest absolute Gasteiger partial charge is 0.465 e. The minimum absolute atomic E-state index is 0.0316. The first-order valence-electron chi connectivity index (χ1n) is 14.9. The molecule has 2 aliphatic rings. The molecular weight excluding hydrogens is 615 g/mol. The minimum Gasteiger partial charge on any atom is -0.465 e. The number of nitrogens with zero attached hydrogens (tertiary/aromatic N) is 5. The molecule has 2 aromatic carbocycles. The highest BCUT2D eigenvalue weighted by molar-refractivity contribution is 7.50. The molecular formula is C31H37N6O8P. The summed E-state index contributed by atoms with van der Waals surface area (Å²) in [7, 11) is -2.60. The number of carbonyl (C=O) groups excluding carboxylic acids is 2. The van der Waals surface area contributed by atoms with Gasteiger partial charge in [-0.15, -0.1) is 0 Å². The first-order valence-corrected chi connectivity index (χ1v) is 16.7. The van der Waals surface area contributed by atoms with Crippen LogP contribution in [0.2, 0.25) is 0 Å². The van der Waals surface area contributed by atoms with E-state index in [4.69, 9.17) is 9.72 Å². The maximum absolute atomic E-state index is 13.9. The molecule has 0 unspecified atom stereocenters. The van der Waals surface area contributed by atoms with Gasteiger partial charge in [-0.1, -0.05) is 54.6 Å². The van der Waals surface area contributed by atoms with E-state index >= 15 is 0 Å². The molecule has 15 heteroatoms. The summed E-state index contributed by atoms with van der Waals surface area (Å²) in [6.45, 7) is 1.92. The molecule has 3 heterocycles. The number of carboxylic acid groups (broad SMARTS) is 1. The second-order valence-electron chi connectivity index (χ2n) is 11.4. The summed E-state index contributed by atoms with van der Waals surface area (Å²) in [5.41, 5.74) is 1.90. The molecule has 0 aliphatic carbocycles. The number of methoxy groups -OCH3 is 1. The van der Waals surface area contributed by atoms with Crippen molar-refractivity contribution in [1.82, 2.24) is 25.1 Å². The number of ether oxygens (including phenoxy) is 1. The Hall–Kier alpha value is -4.36. The van der Waals surface area contributed by atoms with Crippen LogP contribution >= 0.6 is 7.60 Å². The molecule has 2 atom stereocenters. The van der Waals surface area contributed by atoms with Crippen LogP contribution in [0.25, 0.3) is 11.4 Å². The standard InChI is InChI=1S/C31H37N6O8P/c1-45-24-11-12-37(19-24)27-18-25(32-28(34-27)23-5-3-2-4-6-23)29(38)33-26(30(39)35-13-15-36(16-14-35)31(40)41)17-21-7-9-22(10-8-21)20-46(42,43)44/h2-10,18,24,26H,11-17,19-20H2,1H3,(H,33,38)(H,40,41)(H2,42,43,44)/t24-,26-/m0/s1. The Balaban J connectivity index is 1.42. The topological polar surface area (TPSA) is 186 Å². The van der Waals surface area contributed by atoms with Gasteiger partial charge in [0.1, 0.15) is 17.6 Å². The predicted molar refractivity (Wildman–Crippen MR) is 168 cm³/mol. The summed E-state index contributed by atoms with van der Waals surface area (Å²) in [5.74, 6) is -0.0361. The molecule has 0 spiro atoms. The molecule has 2 saturated heterocycles. The van der Waals surface area contributed by atoms with E-state index in [1.165, 1.54) is 9.80 Å². The van der Waals surface area contributed by atoms with Crippen molar-refractivity contribution in [3.05, 3.63) is 77.5 Å². The Morgan fingerprint density at radius 2 is 1.61 bits per heavy atom. The van der Waals surface area contributed by atoms with Crippen LogP contribution in [0, 0.1) is 0 Å². The average molecular weight is 653 g/mol. The number of nitrogens with one attached hydrogen (secondary N) is 1. The fourth-order valence-electron chi connectivity index (χ4n) is 5.58. The van der Waals surface area contributed by atoms with E-state index in [1.54, 1.807) is 37.4 Å². The number of anilines is 1. The van der Waals surface area contributed by atoms with E-state index in [9.17, 15) is 33.8 Å². The van der Waals surface area contributed by atoms with Gasteiger partial charge >= 0.3 is 13.7 Å². The second-order valence-corrected chi connectivity index (χ2v) is 13.0. The van der Waals surface area contributed by atoms with Crippen LogP contribution in [0.4, 0.5) is 10.6 Å². The highest BCUT2D eigenvalue weighted by atomic mass is 31.2. The third kappa shape index (κ3) is 8.46. The molecule has 46 heavy (non-hydrogen) atoms. The maximum Gasteiger partial charge on any atom is 0.407 e. The van der Waals surface area contributed by atoms with Gasteiger partial charge in [-0.3, -0.25) is 14.2 Å². The van der Waals surface area contributed by atoms with Gasteiger partial charge in [0.2, 0.25) is 5.91 Å². The fraction of sp³-hybridized carbons (Fsp3) is 0.387. The van der Waals surface area contributed by atoms with Crippen molar-refractivity contribution in [2.24, 2.45) is 0 Å². The third-order valence-electron chi connectivity index (χ3n) is 8.10. The summed E-state index contributed by atoms with van der Waals surface area (Å²) in [6.07, 6.45) is -0.547. The van der Waals surface area contributed by atoms with Crippen LogP contribution in [0.3, 0.4) is 0 Å². The molecule has 3 amide bonds. The highest BCUT2D eigenvalue weighted by Crippen LogP contribution is 2.39. The van der Waals surface area contributed by atoms with E-state index in [2.05, 4.69) is 10.3 Å². The lowest BCUT2D eigenvalue weighted by molar-refractivity contribution is -0.134. The fourth-order valence-corrected chi connectivity index (χ4v) is 6.27. The van der Waals surface area contributed by atoms with Gasteiger partial charge in [0, 0.05) is 64.4 Å². The molecule has 0 saturated carbocycles. The molecule has 5 rings (SSSR count). The van der Waals surface area contributed by atoms with E-state index in [1.807, 2.05) is 35.2 Å². The van der Waals surface area contributed by atoms with E-state index in [-0.39, 0.29) is 50.3 Å². The second kappa shape index (κ2) is 14.4. The predicted octanol–water partition coefficient (Wildman–Crippen LogP) is 2.21.